The molecule has 2 heterocycles. The zero-order valence-electron chi connectivity index (χ0n) is 11.2. The molecule has 1 aliphatic carbocycles. The average molecular weight is 249 g/mol. The lowest BCUT2D eigenvalue weighted by Gasteiger charge is -2.48. The van der Waals surface area contributed by atoms with Crippen LogP contribution in [-0.2, 0) is 13.1 Å². The lowest BCUT2D eigenvalue weighted by molar-refractivity contribution is 0.0219. The van der Waals surface area contributed by atoms with Crippen molar-refractivity contribution in [2.24, 2.45) is 11.7 Å². The van der Waals surface area contributed by atoms with E-state index in [2.05, 4.69) is 26.6 Å². The molecule has 1 fully saturated rings. The molecule has 0 bridgehead atoms. The Morgan fingerprint density at radius 3 is 2.89 bits per heavy atom. The fourth-order valence-corrected chi connectivity index (χ4v) is 3.42. The highest BCUT2D eigenvalue weighted by molar-refractivity contribution is 5.00. The Labute approximate surface area is 108 Å². The molecule has 1 aliphatic heterocycles. The second-order valence-electron chi connectivity index (χ2n) is 5.97. The lowest BCUT2D eigenvalue weighted by Crippen LogP contribution is -2.57. The molecular formula is C13H23N5. The minimum absolute atomic E-state index is 0.212. The summed E-state index contributed by atoms with van der Waals surface area (Å²) in [4.78, 5) is 2.56. The van der Waals surface area contributed by atoms with Gasteiger partial charge in [0, 0.05) is 25.2 Å². The van der Waals surface area contributed by atoms with Crippen LogP contribution < -0.4 is 5.73 Å². The van der Waals surface area contributed by atoms with Crippen molar-refractivity contribution in [2.75, 3.05) is 13.1 Å². The maximum Gasteiger partial charge on any atom is 0.147 e. The Balaban J connectivity index is 1.77. The molecular weight excluding hydrogens is 226 g/mol. The highest BCUT2D eigenvalue weighted by Crippen LogP contribution is 2.37. The summed E-state index contributed by atoms with van der Waals surface area (Å²) in [5.41, 5.74) is 6.34. The highest BCUT2D eigenvalue weighted by atomic mass is 15.3. The third-order valence-corrected chi connectivity index (χ3v) is 4.89. The minimum Gasteiger partial charge on any atom is -0.329 e. The smallest absolute Gasteiger partial charge is 0.147 e. The van der Waals surface area contributed by atoms with Crippen LogP contribution in [0.2, 0.25) is 0 Å². The number of rotatable bonds is 2. The molecule has 0 amide bonds. The largest absolute Gasteiger partial charge is 0.329 e. The van der Waals surface area contributed by atoms with Gasteiger partial charge in [-0.05, 0) is 31.6 Å². The fraction of sp³-hybridized carbons (Fsp3) is 0.846. The van der Waals surface area contributed by atoms with Crippen molar-refractivity contribution in [1.82, 2.24) is 19.7 Å². The maximum atomic E-state index is 6.13. The quantitative estimate of drug-likeness (QED) is 0.849. The molecule has 18 heavy (non-hydrogen) atoms. The molecule has 0 atom stereocenters. The summed E-state index contributed by atoms with van der Waals surface area (Å²) in [6.45, 7) is 6.11. The van der Waals surface area contributed by atoms with Crippen molar-refractivity contribution in [3.63, 3.8) is 0 Å². The second kappa shape index (κ2) is 4.63. The first-order valence-corrected chi connectivity index (χ1v) is 7.05. The van der Waals surface area contributed by atoms with Gasteiger partial charge in [0.2, 0.25) is 0 Å². The number of hydrogen-bond acceptors (Lipinski definition) is 4. The number of hydrogen-bond donors (Lipinski definition) is 1. The van der Waals surface area contributed by atoms with Crippen LogP contribution >= 0.6 is 0 Å². The van der Waals surface area contributed by atoms with Crippen molar-refractivity contribution < 1.29 is 0 Å². The van der Waals surface area contributed by atoms with E-state index in [1.807, 2.05) is 6.33 Å². The standard InChI is InChI=1S/C13H23N5/c1-11-2-4-13(9-14,5-3-11)18-7-6-17-10-15-16-12(17)8-18/h10-11H,2-9,14H2,1H3. The Morgan fingerprint density at radius 2 is 2.17 bits per heavy atom. The molecule has 0 saturated heterocycles. The van der Waals surface area contributed by atoms with E-state index >= 15 is 0 Å². The van der Waals surface area contributed by atoms with Crippen LogP contribution in [0.1, 0.15) is 38.4 Å². The zero-order chi connectivity index (χ0) is 12.6. The van der Waals surface area contributed by atoms with Crippen LogP contribution in [0.25, 0.3) is 0 Å². The van der Waals surface area contributed by atoms with Gasteiger partial charge in [-0.3, -0.25) is 4.90 Å². The van der Waals surface area contributed by atoms with Gasteiger partial charge in [0.05, 0.1) is 6.54 Å². The van der Waals surface area contributed by atoms with Gasteiger partial charge in [0.15, 0.2) is 0 Å². The summed E-state index contributed by atoms with van der Waals surface area (Å²) in [7, 11) is 0. The molecule has 5 heteroatoms. The number of aromatic nitrogens is 3. The monoisotopic (exact) mass is 249 g/mol. The van der Waals surface area contributed by atoms with Crippen molar-refractivity contribution in [1.29, 1.82) is 0 Å². The fourth-order valence-electron chi connectivity index (χ4n) is 3.42. The van der Waals surface area contributed by atoms with E-state index in [-0.39, 0.29) is 5.54 Å². The summed E-state index contributed by atoms with van der Waals surface area (Å²) in [6.07, 6.45) is 6.92. The zero-order valence-corrected chi connectivity index (χ0v) is 11.2. The van der Waals surface area contributed by atoms with Gasteiger partial charge >= 0.3 is 0 Å². The van der Waals surface area contributed by atoms with E-state index in [9.17, 15) is 0 Å². The first kappa shape index (κ1) is 12.1. The molecule has 3 rings (SSSR count). The highest BCUT2D eigenvalue weighted by Gasteiger charge is 2.39. The van der Waals surface area contributed by atoms with Gasteiger partial charge in [-0.1, -0.05) is 6.92 Å². The third-order valence-electron chi connectivity index (χ3n) is 4.89. The van der Waals surface area contributed by atoms with E-state index in [4.69, 9.17) is 5.73 Å². The average Bonchev–Trinajstić information content (AvgIpc) is 2.87. The van der Waals surface area contributed by atoms with Gasteiger partial charge in [-0.2, -0.15) is 0 Å². The first-order chi connectivity index (χ1) is 8.73. The molecule has 5 nitrogen and oxygen atoms in total. The number of nitrogens with zero attached hydrogens (tertiary/aromatic N) is 4. The number of fused-ring (bicyclic) bond motifs is 1. The maximum absolute atomic E-state index is 6.13. The normalized spacial score (nSPS) is 33.3. The van der Waals surface area contributed by atoms with Crippen LogP contribution in [0, 0.1) is 5.92 Å². The molecule has 1 saturated carbocycles. The summed E-state index contributed by atoms with van der Waals surface area (Å²) in [5, 5.41) is 8.21. The molecule has 100 valence electrons. The number of nitrogens with two attached hydrogens (primary N) is 1. The first-order valence-electron chi connectivity index (χ1n) is 7.05. The lowest BCUT2D eigenvalue weighted by atomic mass is 9.75. The Kier molecular flexibility index (Phi) is 3.11. The second-order valence-corrected chi connectivity index (χ2v) is 5.97. The Bertz CT molecular complexity index is 405. The van der Waals surface area contributed by atoms with E-state index < -0.39 is 0 Å². The van der Waals surface area contributed by atoms with Crippen LogP contribution in [0.15, 0.2) is 6.33 Å². The van der Waals surface area contributed by atoms with Crippen LogP contribution in [0.5, 0.6) is 0 Å². The molecule has 2 N–H and O–H groups in total. The predicted molar refractivity (Wildman–Crippen MR) is 69.8 cm³/mol. The van der Waals surface area contributed by atoms with E-state index in [1.165, 1.54) is 25.7 Å². The predicted octanol–water partition coefficient (Wildman–Crippen LogP) is 1.00. The van der Waals surface area contributed by atoms with Crippen LogP contribution in [-0.4, -0.2) is 38.3 Å². The van der Waals surface area contributed by atoms with Crippen LogP contribution in [0.4, 0.5) is 0 Å². The Hall–Kier alpha value is -0.940. The van der Waals surface area contributed by atoms with Gasteiger partial charge < -0.3 is 10.3 Å². The minimum atomic E-state index is 0.212. The van der Waals surface area contributed by atoms with Gasteiger partial charge in [-0.15, -0.1) is 10.2 Å². The van der Waals surface area contributed by atoms with E-state index in [1.54, 1.807) is 0 Å². The van der Waals surface area contributed by atoms with Gasteiger partial charge in [-0.25, -0.2) is 0 Å². The van der Waals surface area contributed by atoms with Crippen LogP contribution in [0.3, 0.4) is 0 Å². The van der Waals surface area contributed by atoms with Crippen molar-refractivity contribution in [2.45, 2.75) is 51.2 Å². The molecule has 0 unspecified atom stereocenters. The van der Waals surface area contributed by atoms with Gasteiger partial charge in [0.25, 0.3) is 0 Å². The summed E-state index contributed by atoms with van der Waals surface area (Å²) in [6, 6.07) is 0. The van der Waals surface area contributed by atoms with Crippen molar-refractivity contribution in [3.05, 3.63) is 12.2 Å². The third kappa shape index (κ3) is 1.95. The molecule has 1 aromatic rings. The van der Waals surface area contributed by atoms with Crippen molar-refractivity contribution >= 4 is 0 Å². The molecule has 0 spiro atoms. The topological polar surface area (TPSA) is 60.0 Å². The van der Waals surface area contributed by atoms with E-state index in [0.717, 1.165) is 37.9 Å². The Morgan fingerprint density at radius 1 is 1.39 bits per heavy atom. The summed E-state index contributed by atoms with van der Waals surface area (Å²) < 4.78 is 2.16. The SMILES string of the molecule is CC1CCC(CN)(N2CCn3cnnc3C2)CC1. The van der Waals surface area contributed by atoms with Crippen molar-refractivity contribution in [3.8, 4) is 0 Å². The summed E-state index contributed by atoms with van der Waals surface area (Å²) >= 11 is 0. The van der Waals surface area contributed by atoms with E-state index in [0.29, 0.717) is 0 Å². The molecule has 0 aromatic carbocycles. The molecule has 0 radical (unpaired) electrons. The summed E-state index contributed by atoms with van der Waals surface area (Å²) in [5.74, 6) is 1.95. The molecule has 2 aliphatic rings. The molecule has 1 aromatic heterocycles. The van der Waals surface area contributed by atoms with Gasteiger partial charge in [0.1, 0.15) is 12.2 Å².